The number of benzene rings is 2. The molecule has 1 fully saturated rings. The van der Waals surface area contributed by atoms with Crippen LogP contribution in [0.5, 0.6) is 0 Å². The number of thiophene rings is 1. The van der Waals surface area contributed by atoms with E-state index in [0.29, 0.717) is 21.0 Å². The van der Waals surface area contributed by atoms with Crippen molar-refractivity contribution in [1.29, 1.82) is 0 Å². The maximum Gasteiger partial charge on any atom is 0.0676 e. The van der Waals surface area contributed by atoms with Gasteiger partial charge in [-0.3, -0.25) is 0 Å². The summed E-state index contributed by atoms with van der Waals surface area (Å²) in [6, 6.07) is 18.1. The van der Waals surface area contributed by atoms with Crippen molar-refractivity contribution in [2.75, 3.05) is 0 Å². The Bertz CT molecular complexity index is 1670. The van der Waals surface area contributed by atoms with Gasteiger partial charge in [0.1, 0.15) is 0 Å². The number of allylic oxidation sites excluding steroid dienone is 2. The predicted octanol–water partition coefficient (Wildman–Crippen LogP) is 11.9. The molecule has 43 heavy (non-hydrogen) atoms. The summed E-state index contributed by atoms with van der Waals surface area (Å²) >= 11 is 3.95. The van der Waals surface area contributed by atoms with Crippen LogP contribution in [0.2, 0.25) is 0 Å². The van der Waals surface area contributed by atoms with Crippen LogP contribution in [0.15, 0.2) is 58.3 Å². The monoisotopic (exact) mass is 644 g/mol. The van der Waals surface area contributed by atoms with Crippen molar-refractivity contribution < 1.29 is 0 Å². The van der Waals surface area contributed by atoms with Gasteiger partial charge in [0.15, 0.2) is 0 Å². The Morgan fingerprint density at radius 3 is 2.09 bits per heavy atom. The third kappa shape index (κ3) is 4.69. The van der Waals surface area contributed by atoms with E-state index in [-0.39, 0.29) is 11.8 Å². The third-order valence-electron chi connectivity index (χ3n) is 10.4. The Labute approximate surface area is 272 Å². The van der Waals surface area contributed by atoms with Crippen molar-refractivity contribution in [3.05, 3.63) is 69.4 Å². The summed E-state index contributed by atoms with van der Waals surface area (Å²) in [5, 5.41) is 13.3. The minimum absolute atomic E-state index is 0.171. The summed E-state index contributed by atoms with van der Waals surface area (Å²) in [6.07, 6.45) is 1.32. The average Bonchev–Trinajstić information content (AvgIpc) is 3.52. The summed E-state index contributed by atoms with van der Waals surface area (Å²) in [5.74, 6) is 8.52. The van der Waals surface area contributed by atoms with Crippen LogP contribution >= 0.6 is 43.2 Å². The van der Waals surface area contributed by atoms with E-state index in [9.17, 15) is 0 Å². The first-order valence-electron chi connectivity index (χ1n) is 16.1. The van der Waals surface area contributed by atoms with E-state index in [1.807, 2.05) is 23.1 Å². The lowest BCUT2D eigenvalue weighted by molar-refractivity contribution is 0.701. The first-order chi connectivity index (χ1) is 20.4. The van der Waals surface area contributed by atoms with Crippen LogP contribution in [0, 0.1) is 22.3 Å². The molecular formula is C39H48S4. The Morgan fingerprint density at radius 1 is 0.837 bits per heavy atom. The number of thioether (sulfide) groups is 1. The zero-order valence-corrected chi connectivity index (χ0v) is 30.8. The largest absolute Gasteiger partial charge is 0.170 e. The van der Waals surface area contributed by atoms with Gasteiger partial charge >= 0.3 is 0 Å². The fourth-order valence-electron chi connectivity index (χ4n) is 8.38. The zero-order chi connectivity index (χ0) is 30.8. The fraction of sp³-hybridized carbons (Fsp3) is 0.487. The van der Waals surface area contributed by atoms with E-state index >= 15 is 0 Å². The predicted molar refractivity (Wildman–Crippen MR) is 201 cm³/mol. The molecule has 3 aromatic rings. The Balaban J connectivity index is 1.64. The van der Waals surface area contributed by atoms with Gasteiger partial charge in [-0.25, -0.2) is 0 Å². The van der Waals surface area contributed by atoms with Crippen LogP contribution < -0.4 is 0 Å². The molecule has 3 heterocycles. The first-order valence-corrected chi connectivity index (χ1v) is 21.4. The maximum atomic E-state index is 4.12. The molecule has 4 heteroatoms. The van der Waals surface area contributed by atoms with Crippen LogP contribution in [-0.2, 0) is 0 Å². The van der Waals surface area contributed by atoms with Crippen LogP contribution in [0.3, 0.4) is 0 Å². The van der Waals surface area contributed by atoms with Gasteiger partial charge in [-0.15, -0.1) is 11.3 Å². The van der Waals surface area contributed by atoms with E-state index in [0.717, 1.165) is 10.5 Å². The van der Waals surface area contributed by atoms with Gasteiger partial charge in [0.2, 0.25) is 0 Å². The molecule has 2 aliphatic heterocycles. The highest BCUT2D eigenvalue weighted by molar-refractivity contribution is 8.40. The molecule has 0 amide bonds. The quantitative estimate of drug-likeness (QED) is 0.255. The highest BCUT2D eigenvalue weighted by Gasteiger charge is 2.48. The van der Waals surface area contributed by atoms with E-state index in [1.54, 1.807) is 0 Å². The second-order valence-electron chi connectivity index (χ2n) is 13.7. The minimum Gasteiger partial charge on any atom is -0.170 e. The standard InChI is InChI=1S/C39H48S4/c1-24(2)42(25(3)4,26(5)6)21-19-32-36-30-15-11-13-17-34(30)41-39(36)33(20-22-43(27(7)8)28(9)23-29(43)10)37-31-16-12-14-18-35(31)40-38(32)37/h11-18,24-29,33,37H,23H2,1-10H3. The van der Waals surface area contributed by atoms with Crippen molar-refractivity contribution >= 4 is 58.8 Å². The van der Waals surface area contributed by atoms with Crippen LogP contribution in [0.4, 0.5) is 0 Å². The fourth-order valence-corrected chi connectivity index (χ4v) is 19.7. The van der Waals surface area contributed by atoms with E-state index in [4.69, 9.17) is 0 Å². The van der Waals surface area contributed by atoms with Gasteiger partial charge < -0.3 is 0 Å². The molecule has 0 bridgehead atoms. The van der Waals surface area contributed by atoms with Gasteiger partial charge in [-0.1, -0.05) is 134 Å². The zero-order valence-electron chi connectivity index (χ0n) is 27.6. The third-order valence-corrected chi connectivity index (χ3v) is 23.1. The molecule has 0 radical (unpaired) electrons. The Morgan fingerprint density at radius 2 is 1.47 bits per heavy atom. The molecule has 0 N–H and O–H groups in total. The molecule has 3 aliphatic rings. The molecule has 6 rings (SSSR count). The van der Waals surface area contributed by atoms with Crippen LogP contribution in [0.25, 0.3) is 15.7 Å². The lowest BCUT2D eigenvalue weighted by atomic mass is 9.77. The van der Waals surface area contributed by atoms with Crippen molar-refractivity contribution in [2.45, 2.75) is 124 Å². The average molecular weight is 645 g/mol. The number of hydrogen-bond donors (Lipinski definition) is 0. The molecule has 4 unspecified atom stereocenters. The van der Waals surface area contributed by atoms with Gasteiger partial charge in [-0.2, -0.15) is 20.1 Å². The van der Waals surface area contributed by atoms with Crippen molar-refractivity contribution in [1.82, 2.24) is 0 Å². The second-order valence-corrected chi connectivity index (χ2v) is 24.7. The first kappa shape index (κ1) is 31.3. The summed E-state index contributed by atoms with van der Waals surface area (Å²) in [7, 11) is -2.15. The topological polar surface area (TPSA) is 0 Å². The molecular weight excluding hydrogens is 597 g/mol. The lowest BCUT2D eigenvalue weighted by Gasteiger charge is -2.58. The molecule has 2 aromatic carbocycles. The summed E-state index contributed by atoms with van der Waals surface area (Å²) < 4.78 is 1.36. The summed E-state index contributed by atoms with van der Waals surface area (Å²) in [6.45, 7) is 24.2. The molecule has 1 saturated heterocycles. The molecule has 0 nitrogen and oxygen atoms in total. The molecule has 0 saturated carbocycles. The molecule has 228 valence electrons. The smallest absolute Gasteiger partial charge is 0.0676 e. The lowest BCUT2D eigenvalue weighted by Crippen LogP contribution is -2.42. The second kappa shape index (κ2) is 11.6. The number of fused-ring (bicyclic) bond motifs is 6. The summed E-state index contributed by atoms with van der Waals surface area (Å²) in [4.78, 5) is 4.28. The van der Waals surface area contributed by atoms with Gasteiger partial charge in [0, 0.05) is 41.8 Å². The van der Waals surface area contributed by atoms with Gasteiger partial charge in [-0.05, 0) is 60.9 Å². The molecule has 0 spiro atoms. The van der Waals surface area contributed by atoms with E-state index < -0.39 is 20.1 Å². The Hall–Kier alpha value is -1.69. The minimum atomic E-state index is -1.17. The van der Waals surface area contributed by atoms with E-state index in [1.165, 1.54) is 47.9 Å². The highest BCUT2D eigenvalue weighted by Crippen LogP contribution is 2.70. The van der Waals surface area contributed by atoms with Crippen LogP contribution in [0.1, 0.15) is 103 Å². The maximum absolute atomic E-state index is 4.12. The number of rotatable bonds is 4. The van der Waals surface area contributed by atoms with Crippen molar-refractivity contribution in [2.24, 2.45) is 0 Å². The molecule has 1 aliphatic carbocycles. The Kier molecular flexibility index (Phi) is 8.44. The number of hydrogen-bond acceptors (Lipinski definition) is 2. The van der Waals surface area contributed by atoms with Crippen molar-refractivity contribution in [3.8, 4) is 22.3 Å². The molecule has 4 atom stereocenters. The van der Waals surface area contributed by atoms with Gasteiger partial charge in [0.25, 0.3) is 0 Å². The summed E-state index contributed by atoms with van der Waals surface area (Å²) in [5.41, 5.74) is 4.11. The van der Waals surface area contributed by atoms with Crippen LogP contribution in [-0.4, -0.2) is 31.5 Å². The highest BCUT2D eigenvalue weighted by atomic mass is 32.3. The van der Waals surface area contributed by atoms with Crippen molar-refractivity contribution in [3.63, 3.8) is 0 Å². The molecule has 1 aromatic heterocycles. The SMILES string of the molecule is CC(C)S(C#CC1=C2Sc3ccccc3C2C(C#CS2(C(C)C)C(C)CC2C)c2sc3ccccc3c21)(C(C)C)C(C)C. The van der Waals surface area contributed by atoms with E-state index in [2.05, 4.69) is 140 Å². The van der Waals surface area contributed by atoms with Gasteiger partial charge in [0.05, 0.1) is 5.92 Å². The normalized spacial score (nSPS) is 28.0.